The molecule has 0 unspecified atom stereocenters. The average Bonchev–Trinajstić information content (AvgIpc) is 3.08. The van der Waals surface area contributed by atoms with Crippen LogP contribution in [0, 0.1) is 10.6 Å². The van der Waals surface area contributed by atoms with Crippen molar-refractivity contribution in [3.8, 4) is 0 Å². The van der Waals surface area contributed by atoms with E-state index in [1.54, 1.807) is 10.6 Å². The number of rotatable bonds is 8. The molecule has 3 aromatic rings. The van der Waals surface area contributed by atoms with Crippen LogP contribution in [-0.2, 0) is 17.9 Å². The van der Waals surface area contributed by atoms with Gasteiger partial charge in [0.15, 0.2) is 4.77 Å². The Morgan fingerprint density at radius 2 is 1.76 bits per heavy atom. The summed E-state index contributed by atoms with van der Waals surface area (Å²) >= 11 is 5.37. The predicted molar refractivity (Wildman–Crippen MR) is 135 cm³/mol. The van der Waals surface area contributed by atoms with Gasteiger partial charge in [0.05, 0.1) is 10.9 Å². The van der Waals surface area contributed by atoms with E-state index in [2.05, 4.69) is 9.88 Å². The van der Waals surface area contributed by atoms with E-state index in [9.17, 15) is 14.0 Å². The highest BCUT2D eigenvalue weighted by Gasteiger charge is 2.19. The topological polar surface area (TPSA) is 61.3 Å². The highest BCUT2D eigenvalue weighted by Crippen LogP contribution is 2.13. The zero-order valence-electron chi connectivity index (χ0n) is 19.3. The van der Waals surface area contributed by atoms with E-state index in [4.69, 9.17) is 12.2 Å². The second kappa shape index (κ2) is 11.5. The van der Waals surface area contributed by atoms with Gasteiger partial charge in [0.2, 0.25) is 5.91 Å². The molecule has 2 heterocycles. The van der Waals surface area contributed by atoms with Crippen LogP contribution in [0.5, 0.6) is 0 Å². The molecule has 1 aromatic heterocycles. The number of fused-ring (bicyclic) bond motifs is 1. The molecule has 1 amide bonds. The van der Waals surface area contributed by atoms with E-state index in [0.29, 0.717) is 23.1 Å². The number of aromatic nitrogens is 2. The van der Waals surface area contributed by atoms with Crippen molar-refractivity contribution in [2.45, 2.75) is 45.2 Å². The van der Waals surface area contributed by atoms with Crippen LogP contribution in [0.15, 0.2) is 53.3 Å². The van der Waals surface area contributed by atoms with Crippen LogP contribution >= 0.6 is 12.2 Å². The number of unbranched alkanes of at least 4 members (excludes halogenated alkanes) is 2. The van der Waals surface area contributed by atoms with Gasteiger partial charge in [-0.1, -0.05) is 30.7 Å². The van der Waals surface area contributed by atoms with Gasteiger partial charge in [0.25, 0.3) is 5.56 Å². The van der Waals surface area contributed by atoms with Gasteiger partial charge in [-0.25, -0.2) is 4.39 Å². The number of para-hydroxylation sites is 1. The highest BCUT2D eigenvalue weighted by atomic mass is 32.1. The Bertz CT molecular complexity index is 1240. The molecule has 6 nitrogen and oxygen atoms in total. The fourth-order valence-corrected chi connectivity index (χ4v) is 4.79. The molecular weight excluding hydrogens is 451 g/mol. The number of nitrogens with zero attached hydrogens (tertiary/aromatic N) is 3. The number of carbonyl (C=O) groups excluding carboxylic acids is 1. The Balaban J connectivity index is 1.20. The fraction of sp³-hybridized carbons (Fsp3) is 0.423. The maximum atomic E-state index is 13.1. The number of amides is 1. The van der Waals surface area contributed by atoms with Gasteiger partial charge in [-0.3, -0.25) is 19.1 Å². The number of hydrogen-bond acceptors (Lipinski definition) is 4. The van der Waals surface area contributed by atoms with E-state index >= 15 is 0 Å². The zero-order valence-corrected chi connectivity index (χ0v) is 20.2. The van der Waals surface area contributed by atoms with Gasteiger partial charge >= 0.3 is 0 Å². The van der Waals surface area contributed by atoms with Gasteiger partial charge < -0.3 is 9.88 Å². The minimum atomic E-state index is -0.219. The van der Waals surface area contributed by atoms with Gasteiger partial charge in [-0.05, 0) is 61.3 Å². The molecule has 1 N–H and O–H groups in total. The molecule has 1 aliphatic rings. The number of carbonyl (C=O) groups is 1. The number of aromatic amines is 1. The minimum Gasteiger partial charge on any atom is -0.341 e. The lowest BCUT2D eigenvalue weighted by molar-refractivity contribution is -0.131. The third-order valence-electron chi connectivity index (χ3n) is 6.42. The van der Waals surface area contributed by atoms with Crippen LogP contribution < -0.4 is 5.56 Å². The Morgan fingerprint density at radius 1 is 0.971 bits per heavy atom. The summed E-state index contributed by atoms with van der Waals surface area (Å²) < 4.78 is 15.2. The normalized spacial score (nSPS) is 14.9. The zero-order chi connectivity index (χ0) is 23.9. The molecule has 1 fully saturated rings. The van der Waals surface area contributed by atoms with E-state index < -0.39 is 0 Å². The van der Waals surface area contributed by atoms with Gasteiger partial charge in [-0.2, -0.15) is 0 Å². The molecule has 180 valence electrons. The summed E-state index contributed by atoms with van der Waals surface area (Å²) in [4.78, 5) is 32.9. The Morgan fingerprint density at radius 3 is 2.59 bits per heavy atom. The van der Waals surface area contributed by atoms with E-state index in [1.165, 1.54) is 12.1 Å². The number of H-pyrrole nitrogens is 1. The lowest BCUT2D eigenvalue weighted by Crippen LogP contribution is -2.35. The number of hydrogen-bond donors (Lipinski definition) is 1. The van der Waals surface area contributed by atoms with E-state index in [-0.39, 0.29) is 17.3 Å². The van der Waals surface area contributed by atoms with Crippen LogP contribution in [-0.4, -0.2) is 51.4 Å². The molecule has 34 heavy (non-hydrogen) atoms. The van der Waals surface area contributed by atoms with Crippen molar-refractivity contribution in [1.29, 1.82) is 0 Å². The first-order chi connectivity index (χ1) is 16.5. The van der Waals surface area contributed by atoms with E-state index in [1.807, 2.05) is 35.2 Å². The first-order valence-corrected chi connectivity index (χ1v) is 12.4. The van der Waals surface area contributed by atoms with Crippen LogP contribution in [0.3, 0.4) is 0 Å². The number of benzene rings is 2. The molecule has 0 radical (unpaired) electrons. The molecule has 0 aliphatic carbocycles. The summed E-state index contributed by atoms with van der Waals surface area (Å²) in [6.07, 6.45) is 3.93. The Hall–Kier alpha value is -2.84. The Labute approximate surface area is 204 Å². The van der Waals surface area contributed by atoms with E-state index in [0.717, 1.165) is 69.5 Å². The van der Waals surface area contributed by atoms with Crippen LogP contribution in [0.2, 0.25) is 0 Å². The fourth-order valence-electron chi connectivity index (χ4n) is 4.51. The van der Waals surface area contributed by atoms with Crippen molar-refractivity contribution in [3.05, 3.63) is 75.0 Å². The van der Waals surface area contributed by atoms with Crippen molar-refractivity contribution < 1.29 is 9.18 Å². The standard InChI is InChI=1S/C26H31FN4O2S/c27-21-12-10-20(11-13-21)19-29-14-6-15-30(18-17-29)24(32)9-2-1-5-16-31-25(33)22-7-3-4-8-23(22)28-26(31)34/h3-4,7-8,10-13H,1-2,5-6,9,14-19H2,(H,28,34). The second-order valence-corrected chi connectivity index (χ2v) is 9.27. The highest BCUT2D eigenvalue weighted by molar-refractivity contribution is 7.71. The third kappa shape index (κ3) is 6.18. The summed E-state index contributed by atoms with van der Waals surface area (Å²) in [6.45, 7) is 4.59. The van der Waals surface area contributed by atoms with Gasteiger partial charge in [0.1, 0.15) is 5.82 Å². The summed E-state index contributed by atoms with van der Waals surface area (Å²) in [6, 6.07) is 14.0. The summed E-state index contributed by atoms with van der Waals surface area (Å²) in [7, 11) is 0. The molecule has 8 heteroatoms. The van der Waals surface area contributed by atoms with Crippen molar-refractivity contribution in [2.24, 2.45) is 0 Å². The first-order valence-electron chi connectivity index (χ1n) is 12.0. The molecule has 0 spiro atoms. The summed E-state index contributed by atoms with van der Waals surface area (Å²) in [5.41, 5.74) is 1.78. The maximum Gasteiger partial charge on any atom is 0.262 e. The van der Waals surface area contributed by atoms with Gasteiger partial charge in [0, 0.05) is 45.7 Å². The van der Waals surface area contributed by atoms with Gasteiger partial charge in [-0.15, -0.1) is 0 Å². The minimum absolute atomic E-state index is 0.0646. The Kier molecular flexibility index (Phi) is 8.24. The molecule has 0 saturated carbocycles. The van der Waals surface area contributed by atoms with Crippen molar-refractivity contribution in [3.63, 3.8) is 0 Å². The molecule has 2 aromatic carbocycles. The smallest absolute Gasteiger partial charge is 0.262 e. The molecule has 4 rings (SSSR count). The SMILES string of the molecule is O=C(CCCCCn1c(=S)[nH]c2ccccc2c1=O)N1CCCN(Cc2ccc(F)cc2)CC1. The molecule has 0 bridgehead atoms. The van der Waals surface area contributed by atoms with Crippen LogP contribution in [0.1, 0.15) is 37.7 Å². The quantitative estimate of drug-likeness (QED) is 0.380. The largest absolute Gasteiger partial charge is 0.341 e. The molecule has 1 aliphatic heterocycles. The molecule has 0 atom stereocenters. The maximum absolute atomic E-state index is 13.1. The number of halogens is 1. The molecule has 1 saturated heterocycles. The molecular formula is C26H31FN4O2S. The summed E-state index contributed by atoms with van der Waals surface area (Å²) in [5.74, 6) is -0.0209. The van der Waals surface area contributed by atoms with Crippen molar-refractivity contribution in [1.82, 2.24) is 19.4 Å². The first kappa shape index (κ1) is 24.3. The van der Waals surface area contributed by atoms with Crippen LogP contribution in [0.25, 0.3) is 10.9 Å². The lowest BCUT2D eigenvalue weighted by atomic mass is 10.1. The van der Waals surface area contributed by atoms with Crippen molar-refractivity contribution in [2.75, 3.05) is 26.2 Å². The van der Waals surface area contributed by atoms with Crippen LogP contribution in [0.4, 0.5) is 4.39 Å². The third-order valence-corrected chi connectivity index (χ3v) is 6.74. The average molecular weight is 483 g/mol. The monoisotopic (exact) mass is 482 g/mol. The van der Waals surface area contributed by atoms with Crippen molar-refractivity contribution >= 4 is 29.0 Å². The second-order valence-electron chi connectivity index (χ2n) is 8.88. The lowest BCUT2D eigenvalue weighted by Gasteiger charge is -2.22. The predicted octanol–water partition coefficient (Wildman–Crippen LogP) is 4.49. The summed E-state index contributed by atoms with van der Waals surface area (Å²) in [5, 5.41) is 0.640. The number of nitrogens with one attached hydrogen (secondary N) is 1.